The first-order chi connectivity index (χ1) is 2.73. The SMILES string of the molecule is C=O.O=S(O)O.[H-].[Na+]. The smallest absolute Gasteiger partial charge is 1.00 e. The summed E-state index contributed by atoms with van der Waals surface area (Å²) in [6.07, 6.45) is 0. The van der Waals surface area contributed by atoms with Gasteiger partial charge < -0.3 is 6.22 Å². The molecule has 0 unspecified atom stereocenters. The van der Waals surface area contributed by atoms with Crippen LogP contribution < -0.4 is 29.6 Å². The molecule has 0 amide bonds. The maximum atomic E-state index is 8.67. The quantitative estimate of drug-likeness (QED) is 0.269. The summed E-state index contributed by atoms with van der Waals surface area (Å²) < 4.78 is 22.8. The predicted molar refractivity (Wildman–Crippen MR) is 21.6 cm³/mol. The summed E-state index contributed by atoms with van der Waals surface area (Å²) in [4.78, 5) is 8.00. The third kappa shape index (κ3) is 277. The molecule has 0 aliphatic rings. The van der Waals surface area contributed by atoms with Gasteiger partial charge in [0.15, 0.2) is 0 Å². The second-order valence-electron chi connectivity index (χ2n) is 0.231. The molecule has 7 heavy (non-hydrogen) atoms. The Labute approximate surface area is 67.2 Å². The van der Waals surface area contributed by atoms with Crippen molar-refractivity contribution in [3.8, 4) is 0 Å². The summed E-state index contributed by atoms with van der Waals surface area (Å²) in [6, 6.07) is 0. The van der Waals surface area contributed by atoms with Crippen molar-refractivity contribution in [1.29, 1.82) is 0 Å². The molecule has 0 rings (SSSR count). The molecule has 4 nitrogen and oxygen atoms in total. The Morgan fingerprint density at radius 3 is 1.43 bits per heavy atom. The van der Waals surface area contributed by atoms with E-state index in [1.807, 2.05) is 6.79 Å². The normalized spacial score (nSPS) is 5.57. The molecule has 0 radical (unpaired) electrons. The Morgan fingerprint density at radius 2 is 1.43 bits per heavy atom. The van der Waals surface area contributed by atoms with Gasteiger partial charge in [-0.25, -0.2) is 0 Å². The van der Waals surface area contributed by atoms with Gasteiger partial charge in [-0.3, -0.25) is 9.11 Å². The average molecular weight is 136 g/mol. The Morgan fingerprint density at radius 1 is 1.43 bits per heavy atom. The van der Waals surface area contributed by atoms with Gasteiger partial charge in [-0.2, -0.15) is 4.21 Å². The summed E-state index contributed by atoms with van der Waals surface area (Å²) in [7, 11) is 0. The van der Waals surface area contributed by atoms with Gasteiger partial charge in [0.25, 0.3) is 11.4 Å². The van der Waals surface area contributed by atoms with Crippen molar-refractivity contribution in [3.05, 3.63) is 0 Å². The van der Waals surface area contributed by atoms with Crippen molar-refractivity contribution in [2.75, 3.05) is 0 Å². The number of rotatable bonds is 0. The van der Waals surface area contributed by atoms with Crippen LogP contribution in [0, 0.1) is 0 Å². The van der Waals surface area contributed by atoms with Gasteiger partial charge in [-0.05, 0) is 0 Å². The van der Waals surface area contributed by atoms with E-state index in [2.05, 4.69) is 0 Å². The molecule has 0 heterocycles. The fourth-order valence-corrected chi connectivity index (χ4v) is 0. The van der Waals surface area contributed by atoms with E-state index in [1.165, 1.54) is 0 Å². The molecule has 0 aromatic carbocycles. The fraction of sp³-hybridized carbons (Fsp3) is 0. The molecule has 0 aromatic heterocycles. The first-order valence-electron chi connectivity index (χ1n) is 0.820. The number of hydrogen-bond donors (Lipinski definition) is 2. The first kappa shape index (κ1) is 15.6. The summed E-state index contributed by atoms with van der Waals surface area (Å²) in [5.74, 6) is 0. The maximum absolute atomic E-state index is 8.67. The Bertz CT molecular complexity index is 47.3. The monoisotopic (exact) mass is 136 g/mol. The van der Waals surface area contributed by atoms with Crippen LogP contribution in [0.2, 0.25) is 0 Å². The van der Waals surface area contributed by atoms with Crippen LogP contribution in [0.3, 0.4) is 0 Å². The van der Waals surface area contributed by atoms with Crippen molar-refractivity contribution >= 4 is 18.2 Å². The second kappa shape index (κ2) is 15.9. The van der Waals surface area contributed by atoms with Crippen LogP contribution in [-0.2, 0) is 16.2 Å². The number of carbonyl (C=O) groups is 1. The van der Waals surface area contributed by atoms with Crippen LogP contribution in [0.25, 0.3) is 0 Å². The molecule has 0 fully saturated rings. The third-order valence-corrected chi connectivity index (χ3v) is 0. The van der Waals surface area contributed by atoms with Crippen LogP contribution in [0.15, 0.2) is 0 Å². The van der Waals surface area contributed by atoms with E-state index < -0.39 is 11.4 Å². The minimum Gasteiger partial charge on any atom is -1.00 e. The van der Waals surface area contributed by atoms with E-state index in [0.29, 0.717) is 0 Å². The van der Waals surface area contributed by atoms with E-state index in [1.54, 1.807) is 0 Å². The summed E-state index contributed by atoms with van der Waals surface area (Å²) >= 11 is -2.61. The number of hydrogen-bond acceptors (Lipinski definition) is 2. The van der Waals surface area contributed by atoms with Crippen LogP contribution in [0.4, 0.5) is 0 Å². The average Bonchev–Trinajstić information content (AvgIpc) is 1.41. The van der Waals surface area contributed by atoms with Gasteiger partial charge in [-0.1, -0.05) is 0 Å². The van der Waals surface area contributed by atoms with Crippen molar-refractivity contribution in [2.24, 2.45) is 0 Å². The van der Waals surface area contributed by atoms with E-state index >= 15 is 0 Å². The standard InChI is InChI=1S/CH2O.Na.H2O3S.H/c1-2;;1-4(2)3;/h1H2;;(H2,1,2,3);/q;+1;;-1. The van der Waals surface area contributed by atoms with Gasteiger partial charge in [0.2, 0.25) is 0 Å². The van der Waals surface area contributed by atoms with Crippen molar-refractivity contribution < 1.29 is 49.1 Å². The van der Waals surface area contributed by atoms with Crippen LogP contribution in [-0.4, -0.2) is 20.1 Å². The number of carbonyl (C=O) groups excluding carboxylic acids is 1. The molecule has 0 bridgehead atoms. The minimum absolute atomic E-state index is 0. The van der Waals surface area contributed by atoms with Crippen LogP contribution >= 0.6 is 0 Å². The van der Waals surface area contributed by atoms with Crippen molar-refractivity contribution in [2.45, 2.75) is 0 Å². The molecule has 2 N–H and O–H groups in total. The summed E-state index contributed by atoms with van der Waals surface area (Å²) in [5, 5.41) is 0. The molecule has 40 valence electrons. The first-order valence-corrected chi connectivity index (χ1v) is 1.88. The van der Waals surface area contributed by atoms with Gasteiger partial charge in [-0.15, -0.1) is 0 Å². The predicted octanol–water partition coefficient (Wildman–Crippen LogP) is -3.39. The topological polar surface area (TPSA) is 74.6 Å². The molecule has 0 aliphatic heterocycles. The zero-order valence-corrected chi connectivity index (χ0v) is 6.64. The molecule has 0 aliphatic carbocycles. The maximum Gasteiger partial charge on any atom is 1.00 e. The van der Waals surface area contributed by atoms with Gasteiger partial charge in [0.05, 0.1) is 0 Å². The largest absolute Gasteiger partial charge is 1.00 e. The second-order valence-corrected chi connectivity index (χ2v) is 0.692. The summed E-state index contributed by atoms with van der Waals surface area (Å²) in [5.41, 5.74) is 0. The van der Waals surface area contributed by atoms with E-state index in [4.69, 9.17) is 18.1 Å². The zero-order chi connectivity index (χ0) is 5.58. The fourth-order valence-electron chi connectivity index (χ4n) is 0. The molecule has 0 spiro atoms. The van der Waals surface area contributed by atoms with E-state index in [0.717, 1.165) is 0 Å². The Kier molecular flexibility index (Phi) is 35.5. The Balaban J connectivity index is -0.0000000183. The van der Waals surface area contributed by atoms with Gasteiger partial charge >= 0.3 is 29.6 Å². The van der Waals surface area contributed by atoms with Gasteiger partial charge in [0.1, 0.15) is 6.79 Å². The molecule has 0 saturated heterocycles. The molecule has 0 aromatic rings. The summed E-state index contributed by atoms with van der Waals surface area (Å²) in [6.45, 7) is 2.00. The molecular formula is CH5NaO4S. The van der Waals surface area contributed by atoms with Gasteiger partial charge in [0, 0.05) is 0 Å². The van der Waals surface area contributed by atoms with Crippen LogP contribution in [0.1, 0.15) is 1.43 Å². The van der Waals surface area contributed by atoms with E-state index in [9.17, 15) is 0 Å². The van der Waals surface area contributed by atoms with Crippen molar-refractivity contribution in [3.63, 3.8) is 0 Å². The zero-order valence-electron chi connectivity index (χ0n) is 4.83. The molecular weight excluding hydrogens is 131 g/mol. The van der Waals surface area contributed by atoms with Crippen LogP contribution in [0.5, 0.6) is 0 Å². The molecule has 6 heteroatoms. The Hall–Kier alpha value is 0.740. The third-order valence-electron chi connectivity index (χ3n) is 0. The minimum atomic E-state index is -2.61. The van der Waals surface area contributed by atoms with E-state index in [-0.39, 0.29) is 31.0 Å². The molecule has 0 atom stereocenters. The molecule has 0 saturated carbocycles. The van der Waals surface area contributed by atoms with Crippen molar-refractivity contribution in [1.82, 2.24) is 0 Å².